The second-order valence-electron chi connectivity index (χ2n) is 7.22. The number of aliphatic carboxylic acids is 1. The summed E-state index contributed by atoms with van der Waals surface area (Å²) in [5, 5.41) is 14.2. The highest BCUT2D eigenvalue weighted by atomic mass is 16.4. The molecule has 2 heterocycles. The Bertz CT molecular complexity index is 651. The lowest BCUT2D eigenvalue weighted by molar-refractivity contribution is -0.142. The van der Waals surface area contributed by atoms with E-state index in [-0.39, 0.29) is 24.3 Å². The number of carbonyl (C=O) groups is 2. The molecule has 1 fully saturated rings. The van der Waals surface area contributed by atoms with E-state index >= 15 is 0 Å². The summed E-state index contributed by atoms with van der Waals surface area (Å²) in [4.78, 5) is 28.2. The fourth-order valence-corrected chi connectivity index (χ4v) is 3.66. The van der Waals surface area contributed by atoms with Gasteiger partial charge in [-0.1, -0.05) is 13.8 Å². The van der Waals surface area contributed by atoms with Gasteiger partial charge in [0, 0.05) is 39.2 Å². The molecule has 134 valence electrons. The van der Waals surface area contributed by atoms with E-state index in [0.29, 0.717) is 0 Å². The molecule has 1 aromatic rings. The predicted octanol–water partition coefficient (Wildman–Crippen LogP) is 1.81. The van der Waals surface area contributed by atoms with Crippen molar-refractivity contribution in [2.75, 3.05) is 19.0 Å². The molecule has 1 saturated heterocycles. The Balaban J connectivity index is 2.65. The number of carboxylic acids is 1. The minimum atomic E-state index is -0.931. The monoisotopic (exact) mass is 336 g/mol. The fraction of sp³-hybridized carbons (Fsp3) is 0.706. The van der Waals surface area contributed by atoms with Crippen LogP contribution in [0.1, 0.15) is 44.5 Å². The minimum Gasteiger partial charge on any atom is -0.481 e. The lowest BCUT2D eigenvalue weighted by atomic mass is 9.91. The van der Waals surface area contributed by atoms with Gasteiger partial charge in [0.25, 0.3) is 0 Å². The van der Waals surface area contributed by atoms with Crippen molar-refractivity contribution in [1.29, 1.82) is 0 Å². The Morgan fingerprint density at radius 3 is 2.38 bits per heavy atom. The van der Waals surface area contributed by atoms with E-state index in [1.165, 1.54) is 0 Å². The van der Waals surface area contributed by atoms with Gasteiger partial charge in [-0.2, -0.15) is 5.10 Å². The van der Waals surface area contributed by atoms with Crippen LogP contribution in [-0.2, 0) is 16.6 Å². The number of carbonyl (C=O) groups excluding carboxylic acids is 1. The van der Waals surface area contributed by atoms with Gasteiger partial charge in [0.15, 0.2) is 0 Å². The van der Waals surface area contributed by atoms with E-state index in [9.17, 15) is 14.7 Å². The molecule has 0 bridgehead atoms. The maximum atomic E-state index is 12.6. The summed E-state index contributed by atoms with van der Waals surface area (Å²) in [5.41, 5.74) is 1.61. The van der Waals surface area contributed by atoms with E-state index < -0.39 is 17.9 Å². The summed E-state index contributed by atoms with van der Waals surface area (Å²) in [5.74, 6) is -0.690. The molecule has 1 amide bonds. The Kier molecular flexibility index (Phi) is 4.92. The van der Waals surface area contributed by atoms with Crippen LogP contribution in [0.25, 0.3) is 0 Å². The molecule has 2 rings (SSSR count). The molecule has 1 aliphatic heterocycles. The average molecular weight is 336 g/mol. The summed E-state index contributed by atoms with van der Waals surface area (Å²) >= 11 is 0. The molecular formula is C17H28N4O3. The third-order valence-electron chi connectivity index (χ3n) is 5.04. The highest BCUT2D eigenvalue weighted by molar-refractivity contribution is 5.88. The third-order valence-corrected chi connectivity index (χ3v) is 5.04. The predicted molar refractivity (Wildman–Crippen MR) is 91.9 cm³/mol. The topological polar surface area (TPSA) is 78.7 Å². The van der Waals surface area contributed by atoms with Crippen molar-refractivity contribution in [2.24, 2.45) is 18.9 Å². The summed E-state index contributed by atoms with van der Waals surface area (Å²) in [6.07, 6.45) is 0.0399. The lowest BCUT2D eigenvalue weighted by Gasteiger charge is -2.35. The number of aromatic nitrogens is 2. The van der Waals surface area contributed by atoms with Gasteiger partial charge >= 0.3 is 5.97 Å². The van der Waals surface area contributed by atoms with Gasteiger partial charge in [0.2, 0.25) is 5.91 Å². The first-order valence-electron chi connectivity index (χ1n) is 8.32. The van der Waals surface area contributed by atoms with Crippen molar-refractivity contribution in [2.45, 2.75) is 46.2 Å². The van der Waals surface area contributed by atoms with Crippen LogP contribution in [0.4, 0.5) is 5.82 Å². The zero-order valence-electron chi connectivity index (χ0n) is 15.6. The molecule has 3 unspecified atom stereocenters. The standard InChI is InChI=1S/C17H28N4O3/c1-9(2)11(4)21-13(22)8-12(17(23)24)15(21)14-10(3)18-20(7)16(14)19(5)6/h9,11-12,15H,8H2,1-7H3,(H,23,24). The average Bonchev–Trinajstić information content (AvgIpc) is 2.94. The fourth-order valence-electron chi connectivity index (χ4n) is 3.66. The molecule has 0 aliphatic carbocycles. The van der Waals surface area contributed by atoms with Crippen LogP contribution in [0.2, 0.25) is 0 Å². The molecule has 24 heavy (non-hydrogen) atoms. The van der Waals surface area contributed by atoms with E-state index in [1.807, 2.05) is 53.7 Å². The van der Waals surface area contributed by atoms with Crippen LogP contribution in [0.3, 0.4) is 0 Å². The first kappa shape index (κ1) is 18.3. The van der Waals surface area contributed by atoms with Gasteiger partial charge in [-0.15, -0.1) is 0 Å². The summed E-state index contributed by atoms with van der Waals surface area (Å²) < 4.78 is 1.75. The molecule has 1 aliphatic rings. The van der Waals surface area contributed by atoms with E-state index in [1.54, 1.807) is 9.58 Å². The molecule has 0 spiro atoms. The number of hydrogen-bond acceptors (Lipinski definition) is 4. The van der Waals surface area contributed by atoms with E-state index in [4.69, 9.17) is 0 Å². The summed E-state index contributed by atoms with van der Waals surface area (Å²) in [7, 11) is 5.65. The Labute approximate surface area is 143 Å². The van der Waals surface area contributed by atoms with Crippen molar-refractivity contribution in [3.63, 3.8) is 0 Å². The van der Waals surface area contributed by atoms with Crippen molar-refractivity contribution in [3.8, 4) is 0 Å². The molecular weight excluding hydrogens is 308 g/mol. The van der Waals surface area contributed by atoms with Crippen LogP contribution in [0.5, 0.6) is 0 Å². The number of hydrogen-bond donors (Lipinski definition) is 1. The summed E-state index contributed by atoms with van der Waals surface area (Å²) in [6.45, 7) is 7.96. The van der Waals surface area contributed by atoms with Crippen molar-refractivity contribution < 1.29 is 14.7 Å². The van der Waals surface area contributed by atoms with E-state index in [2.05, 4.69) is 5.10 Å². The van der Waals surface area contributed by atoms with Crippen LogP contribution in [0, 0.1) is 18.8 Å². The normalized spacial score (nSPS) is 22.3. The summed E-state index contributed by atoms with van der Waals surface area (Å²) in [6, 6.07) is -0.528. The van der Waals surface area contributed by atoms with Crippen LogP contribution < -0.4 is 4.90 Å². The molecule has 0 aromatic carbocycles. The van der Waals surface area contributed by atoms with Gasteiger partial charge in [-0.05, 0) is 19.8 Å². The number of anilines is 1. The first-order chi connectivity index (χ1) is 11.1. The van der Waals surface area contributed by atoms with Crippen LogP contribution >= 0.6 is 0 Å². The van der Waals surface area contributed by atoms with Gasteiger partial charge in [-0.25, -0.2) is 0 Å². The lowest BCUT2D eigenvalue weighted by Crippen LogP contribution is -2.41. The van der Waals surface area contributed by atoms with E-state index in [0.717, 1.165) is 17.1 Å². The number of rotatable bonds is 5. The Morgan fingerprint density at radius 2 is 1.92 bits per heavy atom. The maximum Gasteiger partial charge on any atom is 0.309 e. The Hall–Kier alpha value is -2.05. The number of amides is 1. The second kappa shape index (κ2) is 6.45. The number of aryl methyl sites for hydroxylation is 2. The Morgan fingerprint density at radius 1 is 1.33 bits per heavy atom. The number of likely N-dealkylation sites (tertiary alicyclic amines) is 1. The highest BCUT2D eigenvalue weighted by Gasteiger charge is 2.49. The molecule has 1 aromatic heterocycles. The number of carboxylic acid groups (broad SMARTS) is 1. The van der Waals surface area contributed by atoms with Crippen molar-refractivity contribution in [3.05, 3.63) is 11.3 Å². The zero-order valence-corrected chi connectivity index (χ0v) is 15.6. The molecule has 0 radical (unpaired) electrons. The molecule has 7 heteroatoms. The molecule has 1 N–H and O–H groups in total. The molecule has 3 atom stereocenters. The van der Waals surface area contributed by atoms with Crippen molar-refractivity contribution >= 4 is 17.7 Å². The van der Waals surface area contributed by atoms with Crippen LogP contribution in [-0.4, -0.2) is 51.8 Å². The van der Waals surface area contributed by atoms with Crippen LogP contribution in [0.15, 0.2) is 0 Å². The largest absolute Gasteiger partial charge is 0.481 e. The second-order valence-corrected chi connectivity index (χ2v) is 7.22. The van der Waals surface area contributed by atoms with Gasteiger partial charge in [0.05, 0.1) is 17.7 Å². The van der Waals surface area contributed by atoms with Gasteiger partial charge < -0.3 is 14.9 Å². The quantitative estimate of drug-likeness (QED) is 0.887. The minimum absolute atomic E-state index is 0.0399. The van der Waals surface area contributed by atoms with Crippen molar-refractivity contribution in [1.82, 2.24) is 14.7 Å². The highest BCUT2D eigenvalue weighted by Crippen LogP contribution is 2.45. The third kappa shape index (κ3) is 2.87. The zero-order chi connectivity index (χ0) is 18.3. The first-order valence-corrected chi connectivity index (χ1v) is 8.32. The van der Waals surface area contributed by atoms with Gasteiger partial charge in [-0.3, -0.25) is 14.3 Å². The number of nitrogens with zero attached hydrogens (tertiary/aromatic N) is 4. The smallest absolute Gasteiger partial charge is 0.309 e. The maximum absolute atomic E-state index is 12.6. The molecule has 7 nitrogen and oxygen atoms in total. The van der Waals surface area contributed by atoms with Gasteiger partial charge in [0.1, 0.15) is 5.82 Å². The molecule has 0 saturated carbocycles. The SMILES string of the molecule is Cc1nn(C)c(N(C)C)c1C1C(C(=O)O)CC(=O)N1C(C)C(C)C.